The number of H-pyrrole nitrogens is 1. The van der Waals surface area contributed by atoms with E-state index in [0.717, 1.165) is 0 Å². The van der Waals surface area contributed by atoms with E-state index in [1.165, 1.54) is 44.0 Å². The van der Waals surface area contributed by atoms with Gasteiger partial charge in [-0.2, -0.15) is 0 Å². The summed E-state index contributed by atoms with van der Waals surface area (Å²) in [5.41, 5.74) is 1.28. The van der Waals surface area contributed by atoms with Gasteiger partial charge in [-0.05, 0) is 43.7 Å². The number of aromatic amines is 1. The second kappa shape index (κ2) is 9.41. The van der Waals surface area contributed by atoms with Crippen LogP contribution in [0.4, 0.5) is 5.82 Å². The molecule has 4 aromatic rings. The number of carbonyl (C=O) groups excluding carboxylic acids is 2. The van der Waals surface area contributed by atoms with Gasteiger partial charge in [0.15, 0.2) is 17.6 Å². The van der Waals surface area contributed by atoms with Crippen molar-refractivity contribution in [2.75, 3.05) is 5.32 Å². The summed E-state index contributed by atoms with van der Waals surface area (Å²) in [4.78, 5) is 39.9. The molecule has 0 radical (unpaired) electrons. The van der Waals surface area contributed by atoms with Gasteiger partial charge in [0.05, 0.1) is 29.6 Å². The summed E-state index contributed by atoms with van der Waals surface area (Å²) in [6, 6.07) is 7.33. The molecule has 13 heteroatoms. The van der Waals surface area contributed by atoms with Crippen LogP contribution in [0, 0.1) is 6.92 Å². The SMILES string of the molecule is Cc1ccc(S(=O)(=O)NCc2ccco2)cc1C(=O)OC(C)C(=O)Nc1ncnc2nc[nH]c12. The fourth-order valence-electron chi connectivity index (χ4n) is 3.01. The molecule has 0 bridgehead atoms. The molecular formula is C21H20N6O6S. The molecule has 3 N–H and O–H groups in total. The van der Waals surface area contributed by atoms with Crippen molar-refractivity contribution in [3.8, 4) is 0 Å². The first-order valence-corrected chi connectivity index (χ1v) is 11.5. The number of aromatic nitrogens is 4. The molecule has 4 rings (SSSR count). The number of benzene rings is 1. The van der Waals surface area contributed by atoms with Crippen molar-refractivity contribution in [1.29, 1.82) is 0 Å². The number of nitrogens with one attached hydrogen (secondary N) is 3. The van der Waals surface area contributed by atoms with E-state index in [9.17, 15) is 18.0 Å². The number of carbonyl (C=O) groups is 2. The van der Waals surface area contributed by atoms with Gasteiger partial charge < -0.3 is 19.5 Å². The Bertz CT molecular complexity index is 1450. The van der Waals surface area contributed by atoms with Gasteiger partial charge in [-0.1, -0.05) is 6.07 Å². The van der Waals surface area contributed by atoms with Crippen LogP contribution in [0.15, 0.2) is 58.6 Å². The number of hydrogen-bond acceptors (Lipinski definition) is 9. The van der Waals surface area contributed by atoms with Crippen molar-refractivity contribution in [2.24, 2.45) is 0 Å². The minimum absolute atomic E-state index is 0.0125. The molecule has 12 nitrogen and oxygen atoms in total. The number of aryl methyl sites for hydroxylation is 1. The lowest BCUT2D eigenvalue weighted by Crippen LogP contribution is -2.30. The number of fused-ring (bicyclic) bond motifs is 1. The third-order valence-electron chi connectivity index (χ3n) is 4.87. The third-order valence-corrected chi connectivity index (χ3v) is 6.27. The molecule has 0 aliphatic rings. The van der Waals surface area contributed by atoms with Crippen LogP contribution in [0.5, 0.6) is 0 Å². The number of esters is 1. The maximum atomic E-state index is 12.8. The molecule has 1 unspecified atom stereocenters. The Labute approximate surface area is 193 Å². The molecule has 3 heterocycles. The number of furan rings is 1. The van der Waals surface area contributed by atoms with E-state index in [2.05, 4.69) is 30.0 Å². The molecule has 34 heavy (non-hydrogen) atoms. The van der Waals surface area contributed by atoms with Crippen molar-refractivity contribution in [2.45, 2.75) is 31.4 Å². The van der Waals surface area contributed by atoms with Crippen LogP contribution in [-0.4, -0.2) is 46.3 Å². The number of hydrogen-bond donors (Lipinski definition) is 3. The van der Waals surface area contributed by atoms with Gasteiger partial charge >= 0.3 is 5.97 Å². The highest BCUT2D eigenvalue weighted by Gasteiger charge is 2.24. The fourth-order valence-corrected chi connectivity index (χ4v) is 4.03. The molecule has 0 aliphatic carbocycles. The first-order valence-electron chi connectivity index (χ1n) is 10.0. The summed E-state index contributed by atoms with van der Waals surface area (Å²) in [6.45, 7) is 2.97. The van der Waals surface area contributed by atoms with Crippen LogP contribution in [0.1, 0.15) is 28.6 Å². The maximum absolute atomic E-state index is 12.8. The maximum Gasteiger partial charge on any atom is 0.339 e. The number of amides is 1. The lowest BCUT2D eigenvalue weighted by atomic mass is 10.1. The highest BCUT2D eigenvalue weighted by Crippen LogP contribution is 2.19. The van der Waals surface area contributed by atoms with Crippen molar-refractivity contribution in [3.63, 3.8) is 0 Å². The largest absolute Gasteiger partial charge is 0.468 e. The highest BCUT2D eigenvalue weighted by molar-refractivity contribution is 7.89. The first-order chi connectivity index (χ1) is 16.2. The zero-order chi connectivity index (χ0) is 24.3. The molecule has 0 aliphatic heterocycles. The van der Waals surface area contributed by atoms with Crippen LogP contribution >= 0.6 is 0 Å². The third kappa shape index (κ3) is 4.94. The van der Waals surface area contributed by atoms with E-state index in [-0.39, 0.29) is 22.8 Å². The molecule has 0 fully saturated rings. The topological polar surface area (TPSA) is 169 Å². The van der Waals surface area contributed by atoms with Crippen LogP contribution in [0.3, 0.4) is 0 Å². The van der Waals surface area contributed by atoms with E-state index in [0.29, 0.717) is 22.5 Å². The van der Waals surface area contributed by atoms with E-state index in [4.69, 9.17) is 9.15 Å². The van der Waals surface area contributed by atoms with Crippen molar-refractivity contribution < 1.29 is 27.2 Å². The molecule has 3 aromatic heterocycles. The monoisotopic (exact) mass is 484 g/mol. The summed E-state index contributed by atoms with van der Waals surface area (Å²) in [5.74, 6) is -0.865. The van der Waals surface area contributed by atoms with Gasteiger partial charge in [-0.15, -0.1) is 0 Å². The Morgan fingerprint density at radius 3 is 2.79 bits per heavy atom. The van der Waals surface area contributed by atoms with Crippen LogP contribution in [-0.2, 0) is 26.1 Å². The average Bonchev–Trinajstić information content (AvgIpc) is 3.50. The Hall–Kier alpha value is -4.10. The standard InChI is InChI=1S/C21H20N6O6S/c1-12-5-6-15(34(30,31)26-9-14-4-3-7-32-14)8-16(12)21(29)33-13(2)20(28)27-19-17-18(23-10-22-17)24-11-25-19/h3-8,10-11,13,26H,9H2,1-2H3,(H2,22,23,24,25,27,28). The van der Waals surface area contributed by atoms with Crippen molar-refractivity contribution in [3.05, 3.63) is 66.1 Å². The van der Waals surface area contributed by atoms with Crippen LogP contribution < -0.4 is 10.0 Å². The molecular weight excluding hydrogens is 464 g/mol. The van der Waals surface area contributed by atoms with E-state index < -0.39 is 28.0 Å². The van der Waals surface area contributed by atoms with Crippen LogP contribution in [0.2, 0.25) is 0 Å². The average molecular weight is 484 g/mol. The first kappa shape index (κ1) is 23.1. The molecule has 0 saturated heterocycles. The summed E-state index contributed by atoms with van der Waals surface area (Å²) < 4.78 is 38.1. The van der Waals surface area contributed by atoms with Gasteiger partial charge in [0.2, 0.25) is 10.0 Å². The smallest absolute Gasteiger partial charge is 0.339 e. The number of sulfonamides is 1. The van der Waals surface area contributed by atoms with Gasteiger partial charge in [-0.3, -0.25) is 4.79 Å². The number of rotatable bonds is 8. The molecule has 1 aromatic carbocycles. The molecule has 1 atom stereocenters. The van der Waals surface area contributed by atoms with Crippen molar-refractivity contribution in [1.82, 2.24) is 24.7 Å². The van der Waals surface area contributed by atoms with E-state index in [1.807, 2.05) is 0 Å². The Morgan fingerprint density at radius 2 is 2.03 bits per heavy atom. The predicted molar refractivity (Wildman–Crippen MR) is 119 cm³/mol. The predicted octanol–water partition coefficient (Wildman–Crippen LogP) is 1.92. The summed E-state index contributed by atoms with van der Waals surface area (Å²) in [5, 5.41) is 2.55. The van der Waals surface area contributed by atoms with Gasteiger partial charge in [0.1, 0.15) is 17.6 Å². The molecule has 0 spiro atoms. The van der Waals surface area contributed by atoms with E-state index >= 15 is 0 Å². The fraction of sp³-hybridized carbons (Fsp3) is 0.190. The zero-order valence-electron chi connectivity index (χ0n) is 18.1. The van der Waals surface area contributed by atoms with Crippen molar-refractivity contribution >= 4 is 38.9 Å². The quantitative estimate of drug-likeness (QED) is 0.316. The highest BCUT2D eigenvalue weighted by atomic mass is 32.2. The minimum Gasteiger partial charge on any atom is -0.468 e. The van der Waals surface area contributed by atoms with Crippen LogP contribution in [0.25, 0.3) is 11.2 Å². The lowest BCUT2D eigenvalue weighted by molar-refractivity contribution is -0.123. The molecule has 176 valence electrons. The lowest BCUT2D eigenvalue weighted by Gasteiger charge is -2.15. The minimum atomic E-state index is -3.93. The molecule has 1 amide bonds. The summed E-state index contributed by atoms with van der Waals surface area (Å²) in [7, 11) is -3.93. The Kier molecular flexibility index (Phi) is 6.38. The van der Waals surface area contributed by atoms with E-state index in [1.54, 1.807) is 19.1 Å². The summed E-state index contributed by atoms with van der Waals surface area (Å²) in [6.07, 6.45) is 2.89. The zero-order valence-corrected chi connectivity index (χ0v) is 18.9. The van der Waals surface area contributed by atoms with Gasteiger partial charge in [0.25, 0.3) is 5.91 Å². The molecule has 0 saturated carbocycles. The normalized spacial score (nSPS) is 12.4. The number of nitrogens with zero attached hydrogens (tertiary/aromatic N) is 3. The second-order valence-electron chi connectivity index (χ2n) is 7.24. The number of anilines is 1. The Morgan fingerprint density at radius 1 is 1.21 bits per heavy atom. The Balaban J connectivity index is 1.45. The van der Waals surface area contributed by atoms with Gasteiger partial charge in [-0.25, -0.2) is 32.9 Å². The number of ether oxygens (including phenoxy) is 1. The summed E-state index contributed by atoms with van der Waals surface area (Å²) >= 11 is 0. The van der Waals surface area contributed by atoms with Gasteiger partial charge in [0, 0.05) is 0 Å². The second-order valence-corrected chi connectivity index (χ2v) is 9.01. The number of imidazole rings is 1.